The Balaban J connectivity index is 0.00000364. The van der Waals surface area contributed by atoms with Crippen LogP contribution in [-0.4, -0.2) is 46.6 Å². The summed E-state index contributed by atoms with van der Waals surface area (Å²) in [4.78, 5) is 4.29. The van der Waals surface area contributed by atoms with Crippen LogP contribution in [0.1, 0.15) is 38.2 Å². The molecule has 0 aliphatic heterocycles. The van der Waals surface area contributed by atoms with Crippen LogP contribution in [0.5, 0.6) is 0 Å². The van der Waals surface area contributed by atoms with Crippen molar-refractivity contribution in [2.24, 2.45) is 4.99 Å². The standard InChI is InChI=1S/C19H30FN3OS2.HI/c1-3-26(24)17-9-6-8-16(13-17)23-19(21-2)22-11-12-25-14-15-7-4-5-10-18(15)20;/h4-5,7,10,16-17H,3,6,8-9,11-14H2,1-2H3,(H2,21,22,23);1H. The van der Waals surface area contributed by atoms with E-state index in [0.717, 1.165) is 55.3 Å². The van der Waals surface area contributed by atoms with Crippen LogP contribution in [-0.2, 0) is 16.6 Å². The number of nitrogens with one attached hydrogen (secondary N) is 2. The van der Waals surface area contributed by atoms with Crippen LogP contribution in [0.15, 0.2) is 29.3 Å². The Morgan fingerprint density at radius 2 is 2.15 bits per heavy atom. The van der Waals surface area contributed by atoms with Crippen LogP contribution < -0.4 is 10.6 Å². The molecule has 0 amide bonds. The highest BCUT2D eigenvalue weighted by atomic mass is 127. The molecule has 0 aromatic heterocycles. The molecule has 8 heteroatoms. The third-order valence-electron chi connectivity index (χ3n) is 4.60. The number of aliphatic imine (C=N–C) groups is 1. The molecule has 0 spiro atoms. The fourth-order valence-electron chi connectivity index (χ4n) is 3.18. The molecule has 3 unspecified atom stereocenters. The zero-order valence-corrected chi connectivity index (χ0v) is 20.0. The number of guanidine groups is 1. The Hall–Kier alpha value is -0.350. The van der Waals surface area contributed by atoms with Gasteiger partial charge in [-0.3, -0.25) is 9.20 Å². The summed E-state index contributed by atoms with van der Waals surface area (Å²) in [7, 11) is 1.06. The highest BCUT2D eigenvalue weighted by molar-refractivity contribution is 14.0. The van der Waals surface area contributed by atoms with Crippen LogP contribution in [0.3, 0.4) is 0 Å². The minimum atomic E-state index is -0.713. The van der Waals surface area contributed by atoms with Crippen molar-refractivity contribution in [3.8, 4) is 0 Å². The van der Waals surface area contributed by atoms with Gasteiger partial charge < -0.3 is 10.6 Å². The molecule has 2 N–H and O–H groups in total. The van der Waals surface area contributed by atoms with Crippen molar-refractivity contribution in [3.63, 3.8) is 0 Å². The van der Waals surface area contributed by atoms with Gasteiger partial charge in [0.05, 0.1) is 0 Å². The average Bonchev–Trinajstić information content (AvgIpc) is 2.67. The summed E-state index contributed by atoms with van der Waals surface area (Å²) >= 11 is 1.70. The third-order valence-corrected chi connectivity index (χ3v) is 7.35. The van der Waals surface area contributed by atoms with E-state index in [1.807, 2.05) is 19.1 Å². The van der Waals surface area contributed by atoms with Gasteiger partial charge in [0.25, 0.3) is 0 Å². The third kappa shape index (κ3) is 8.68. The maximum absolute atomic E-state index is 13.6. The monoisotopic (exact) mass is 527 g/mol. The highest BCUT2D eigenvalue weighted by Gasteiger charge is 2.25. The first-order valence-electron chi connectivity index (χ1n) is 9.29. The van der Waals surface area contributed by atoms with Crippen LogP contribution in [0.25, 0.3) is 0 Å². The van der Waals surface area contributed by atoms with E-state index in [9.17, 15) is 8.60 Å². The van der Waals surface area contributed by atoms with Gasteiger partial charge in [0.15, 0.2) is 5.96 Å². The number of halogens is 2. The molecule has 1 aliphatic carbocycles. The lowest BCUT2D eigenvalue weighted by molar-refractivity contribution is 0.414. The van der Waals surface area contributed by atoms with Crippen LogP contribution in [0.4, 0.5) is 4.39 Å². The van der Waals surface area contributed by atoms with Crippen molar-refractivity contribution in [2.75, 3.05) is 25.1 Å². The Morgan fingerprint density at radius 3 is 2.85 bits per heavy atom. The van der Waals surface area contributed by atoms with Crippen molar-refractivity contribution >= 4 is 52.5 Å². The van der Waals surface area contributed by atoms with Gasteiger partial charge in [0.2, 0.25) is 0 Å². The van der Waals surface area contributed by atoms with Crippen molar-refractivity contribution in [1.82, 2.24) is 10.6 Å². The molecule has 3 atom stereocenters. The van der Waals surface area contributed by atoms with E-state index in [2.05, 4.69) is 15.6 Å². The first-order chi connectivity index (χ1) is 12.6. The molecule has 1 aliphatic rings. The van der Waals surface area contributed by atoms with Gasteiger partial charge in [-0.25, -0.2) is 4.39 Å². The predicted molar refractivity (Wildman–Crippen MR) is 127 cm³/mol. The summed E-state index contributed by atoms with van der Waals surface area (Å²) in [6, 6.07) is 7.25. The van der Waals surface area contributed by atoms with E-state index in [4.69, 9.17) is 0 Å². The molecular weight excluding hydrogens is 496 g/mol. The molecule has 2 rings (SSSR count). The quantitative estimate of drug-likeness (QED) is 0.233. The molecule has 1 saturated carbocycles. The molecule has 27 heavy (non-hydrogen) atoms. The Morgan fingerprint density at radius 1 is 1.37 bits per heavy atom. The van der Waals surface area contributed by atoms with Gasteiger partial charge in [0.1, 0.15) is 5.82 Å². The molecule has 1 aromatic rings. The molecular formula is C19H31FIN3OS2. The summed E-state index contributed by atoms with van der Waals surface area (Å²) in [5, 5.41) is 7.10. The van der Waals surface area contributed by atoms with Gasteiger partial charge in [0, 0.05) is 52.9 Å². The second kappa shape index (κ2) is 13.8. The number of thioether (sulfide) groups is 1. The topological polar surface area (TPSA) is 53.5 Å². The minimum absolute atomic E-state index is 0. The van der Waals surface area contributed by atoms with Gasteiger partial charge >= 0.3 is 0 Å². The van der Waals surface area contributed by atoms with Crippen LogP contribution in [0, 0.1) is 5.82 Å². The molecule has 1 aromatic carbocycles. The second-order valence-corrected chi connectivity index (χ2v) is 9.55. The van der Waals surface area contributed by atoms with Crippen molar-refractivity contribution in [2.45, 2.75) is 49.7 Å². The summed E-state index contributed by atoms with van der Waals surface area (Å²) in [5.41, 5.74) is 0.747. The van der Waals surface area contributed by atoms with E-state index in [1.54, 1.807) is 24.9 Å². The first-order valence-corrected chi connectivity index (χ1v) is 11.8. The number of rotatable bonds is 8. The lowest BCUT2D eigenvalue weighted by Crippen LogP contribution is -2.47. The minimum Gasteiger partial charge on any atom is -0.356 e. The van der Waals surface area contributed by atoms with Gasteiger partial charge in [-0.05, 0) is 30.9 Å². The number of benzene rings is 1. The Labute approximate surface area is 186 Å². The van der Waals surface area contributed by atoms with Crippen molar-refractivity contribution < 1.29 is 8.60 Å². The average molecular weight is 528 g/mol. The maximum atomic E-state index is 13.6. The molecule has 1 fully saturated rings. The molecule has 0 radical (unpaired) electrons. The normalized spacial score (nSPS) is 21.2. The van der Waals surface area contributed by atoms with Crippen molar-refractivity contribution in [1.29, 1.82) is 0 Å². The summed E-state index contributed by atoms with van der Waals surface area (Å²) in [6.45, 7) is 2.77. The van der Waals surface area contributed by atoms with Crippen LogP contribution in [0.2, 0.25) is 0 Å². The van der Waals surface area contributed by atoms with E-state index < -0.39 is 10.8 Å². The highest BCUT2D eigenvalue weighted by Crippen LogP contribution is 2.23. The molecule has 0 saturated heterocycles. The van der Waals surface area contributed by atoms with E-state index in [0.29, 0.717) is 17.0 Å². The molecule has 0 bridgehead atoms. The number of hydrogen-bond donors (Lipinski definition) is 2. The molecule has 0 heterocycles. The largest absolute Gasteiger partial charge is 0.356 e. The lowest BCUT2D eigenvalue weighted by atomic mass is 9.95. The Bertz CT molecular complexity index is 618. The fraction of sp³-hybridized carbons (Fsp3) is 0.632. The second-order valence-electron chi connectivity index (χ2n) is 6.44. The molecule has 4 nitrogen and oxygen atoms in total. The zero-order valence-electron chi connectivity index (χ0n) is 16.1. The van der Waals surface area contributed by atoms with E-state index in [1.165, 1.54) is 6.07 Å². The van der Waals surface area contributed by atoms with Gasteiger partial charge in [-0.15, -0.1) is 24.0 Å². The number of hydrogen-bond acceptors (Lipinski definition) is 3. The maximum Gasteiger partial charge on any atom is 0.191 e. The van der Waals surface area contributed by atoms with Crippen LogP contribution >= 0.6 is 35.7 Å². The smallest absolute Gasteiger partial charge is 0.191 e. The van der Waals surface area contributed by atoms with Crippen molar-refractivity contribution in [3.05, 3.63) is 35.6 Å². The first kappa shape index (κ1) is 24.7. The van der Waals surface area contributed by atoms with E-state index >= 15 is 0 Å². The Kier molecular flexibility index (Phi) is 12.6. The predicted octanol–water partition coefficient (Wildman–Crippen LogP) is 3.92. The number of nitrogens with zero attached hydrogens (tertiary/aromatic N) is 1. The lowest BCUT2D eigenvalue weighted by Gasteiger charge is -2.30. The molecule has 154 valence electrons. The fourth-order valence-corrected chi connectivity index (χ4v) is 5.37. The summed E-state index contributed by atoms with van der Waals surface area (Å²) in [6.07, 6.45) is 4.23. The van der Waals surface area contributed by atoms with E-state index in [-0.39, 0.29) is 29.8 Å². The zero-order chi connectivity index (χ0) is 18.8. The van der Waals surface area contributed by atoms with Gasteiger partial charge in [-0.1, -0.05) is 31.5 Å². The van der Waals surface area contributed by atoms with Gasteiger partial charge in [-0.2, -0.15) is 11.8 Å². The summed E-state index contributed by atoms with van der Waals surface area (Å²) < 4.78 is 25.6. The SMILES string of the molecule is CCS(=O)C1CCCC(NC(=NC)NCCSCc2ccccc2F)C1.I. The summed E-state index contributed by atoms with van der Waals surface area (Å²) in [5.74, 6) is 2.95.